The van der Waals surface area contributed by atoms with Crippen LogP contribution in [-0.4, -0.2) is 18.1 Å². The number of benzene rings is 2. The number of aromatic nitrogens is 1. The Morgan fingerprint density at radius 1 is 1.20 bits per heavy atom. The van der Waals surface area contributed by atoms with E-state index in [1.165, 1.54) is 27.7 Å². The molecule has 2 N–H and O–H groups in total. The summed E-state index contributed by atoms with van der Waals surface area (Å²) in [4.78, 5) is 3.63. The Morgan fingerprint density at radius 2 is 2.04 bits per heavy atom. The highest BCUT2D eigenvalue weighted by Gasteiger charge is 2.28. The maximum absolute atomic E-state index is 6.44. The van der Waals surface area contributed by atoms with E-state index < -0.39 is 0 Å². The second-order valence-corrected chi connectivity index (χ2v) is 7.18. The summed E-state index contributed by atoms with van der Waals surface area (Å²) in [5.41, 5.74) is 7.26. The Hall–Kier alpha value is -1.97. The van der Waals surface area contributed by atoms with E-state index in [0.717, 1.165) is 34.9 Å². The molecule has 3 nitrogen and oxygen atoms in total. The van der Waals surface area contributed by atoms with Crippen molar-refractivity contribution in [1.29, 1.82) is 0 Å². The van der Waals surface area contributed by atoms with Gasteiger partial charge in [-0.15, -0.1) is 0 Å². The van der Waals surface area contributed by atoms with Gasteiger partial charge in [-0.1, -0.05) is 23.2 Å². The highest BCUT2D eigenvalue weighted by atomic mass is 35.5. The normalized spacial score (nSPS) is 16.9. The van der Waals surface area contributed by atoms with Gasteiger partial charge in [-0.2, -0.15) is 0 Å². The van der Waals surface area contributed by atoms with Crippen LogP contribution in [0.2, 0.25) is 5.02 Å². The summed E-state index contributed by atoms with van der Waals surface area (Å²) in [6.07, 6.45) is 1.03. The summed E-state index contributed by atoms with van der Waals surface area (Å²) >= 11 is 6.44. The van der Waals surface area contributed by atoms with Crippen molar-refractivity contribution in [3.8, 4) is 5.75 Å². The van der Waals surface area contributed by atoms with Crippen LogP contribution in [0.25, 0.3) is 10.9 Å². The fourth-order valence-electron chi connectivity index (χ4n) is 3.78. The van der Waals surface area contributed by atoms with E-state index in [-0.39, 0.29) is 6.04 Å². The van der Waals surface area contributed by atoms with Gasteiger partial charge in [0.15, 0.2) is 0 Å². The minimum absolute atomic E-state index is 0.0658. The second kappa shape index (κ2) is 6.40. The maximum atomic E-state index is 6.44. The number of aryl methyl sites for hydroxylation is 2. The quantitative estimate of drug-likeness (QED) is 0.688. The minimum atomic E-state index is 0.0658. The van der Waals surface area contributed by atoms with Crippen molar-refractivity contribution >= 4 is 22.5 Å². The van der Waals surface area contributed by atoms with Gasteiger partial charge in [-0.25, -0.2) is 0 Å². The average molecular weight is 355 g/mol. The SMILES string of the molecule is CCOc1cc(C)c(Cl)cc1C1NCCc2c1[nH]c1ccc(C)cc21. The largest absolute Gasteiger partial charge is 0.494 e. The van der Waals surface area contributed by atoms with Crippen LogP contribution >= 0.6 is 11.6 Å². The predicted molar refractivity (Wildman–Crippen MR) is 104 cm³/mol. The molecule has 1 aromatic heterocycles. The van der Waals surface area contributed by atoms with Gasteiger partial charge in [-0.05, 0) is 62.6 Å². The molecule has 0 fully saturated rings. The van der Waals surface area contributed by atoms with E-state index in [1.807, 2.05) is 26.0 Å². The first-order valence-corrected chi connectivity index (χ1v) is 9.23. The topological polar surface area (TPSA) is 37.0 Å². The Labute approximate surface area is 153 Å². The third-order valence-corrected chi connectivity index (χ3v) is 5.42. The van der Waals surface area contributed by atoms with Gasteiger partial charge in [0.05, 0.1) is 12.6 Å². The Balaban J connectivity index is 1.89. The highest BCUT2D eigenvalue weighted by molar-refractivity contribution is 6.31. The molecule has 0 saturated heterocycles. The van der Waals surface area contributed by atoms with Crippen molar-refractivity contribution in [2.45, 2.75) is 33.2 Å². The lowest BCUT2D eigenvalue weighted by atomic mass is 9.93. The molecule has 130 valence electrons. The molecule has 1 aliphatic rings. The zero-order valence-corrected chi connectivity index (χ0v) is 15.6. The van der Waals surface area contributed by atoms with Crippen molar-refractivity contribution in [2.75, 3.05) is 13.2 Å². The molecule has 0 saturated carbocycles. The maximum Gasteiger partial charge on any atom is 0.124 e. The molecule has 0 bridgehead atoms. The van der Waals surface area contributed by atoms with E-state index in [4.69, 9.17) is 16.3 Å². The standard InChI is InChI=1S/C21H23ClN2O/c1-4-25-19-10-13(3)17(22)11-16(19)20-21-14(7-8-23-20)15-9-12(2)5-6-18(15)24-21/h5-6,9-11,20,23-24H,4,7-8H2,1-3H3. The Bertz CT molecular complexity index is 945. The zero-order valence-electron chi connectivity index (χ0n) is 14.9. The first kappa shape index (κ1) is 16.5. The van der Waals surface area contributed by atoms with Crippen molar-refractivity contribution < 1.29 is 4.74 Å². The lowest BCUT2D eigenvalue weighted by molar-refractivity contribution is 0.332. The number of rotatable bonds is 3. The predicted octanol–water partition coefficient (Wildman–Crippen LogP) is 5.07. The number of H-pyrrole nitrogens is 1. The van der Waals surface area contributed by atoms with Crippen LogP contribution in [0.1, 0.15) is 40.9 Å². The van der Waals surface area contributed by atoms with Gasteiger partial charge >= 0.3 is 0 Å². The molecule has 3 aromatic rings. The lowest BCUT2D eigenvalue weighted by Crippen LogP contribution is -2.30. The lowest BCUT2D eigenvalue weighted by Gasteiger charge is -2.27. The number of ether oxygens (including phenoxy) is 1. The number of aromatic amines is 1. The summed E-state index contributed by atoms with van der Waals surface area (Å²) in [7, 11) is 0. The van der Waals surface area contributed by atoms with E-state index in [2.05, 4.69) is 35.4 Å². The molecule has 0 aliphatic carbocycles. The van der Waals surface area contributed by atoms with Gasteiger partial charge in [0.2, 0.25) is 0 Å². The van der Waals surface area contributed by atoms with Gasteiger partial charge < -0.3 is 15.0 Å². The summed E-state index contributed by atoms with van der Waals surface area (Å²) in [6.45, 7) is 7.75. The van der Waals surface area contributed by atoms with Gasteiger partial charge in [0, 0.05) is 33.7 Å². The van der Waals surface area contributed by atoms with Crippen molar-refractivity contribution in [1.82, 2.24) is 10.3 Å². The average Bonchev–Trinajstić information content (AvgIpc) is 2.96. The van der Waals surface area contributed by atoms with E-state index in [1.54, 1.807) is 0 Å². The molecule has 1 aliphatic heterocycles. The smallest absolute Gasteiger partial charge is 0.124 e. The van der Waals surface area contributed by atoms with Crippen molar-refractivity contribution in [2.24, 2.45) is 0 Å². The number of hydrogen-bond acceptors (Lipinski definition) is 2. The summed E-state index contributed by atoms with van der Waals surface area (Å²) < 4.78 is 5.92. The number of nitrogens with one attached hydrogen (secondary N) is 2. The molecule has 0 spiro atoms. The molecule has 0 radical (unpaired) electrons. The molecule has 1 unspecified atom stereocenters. The Morgan fingerprint density at radius 3 is 2.84 bits per heavy atom. The summed E-state index contributed by atoms with van der Waals surface area (Å²) in [5, 5.41) is 5.75. The van der Waals surface area contributed by atoms with Crippen LogP contribution < -0.4 is 10.1 Å². The van der Waals surface area contributed by atoms with Gasteiger partial charge in [0.1, 0.15) is 5.75 Å². The first-order valence-electron chi connectivity index (χ1n) is 8.85. The minimum Gasteiger partial charge on any atom is -0.494 e. The number of hydrogen-bond donors (Lipinski definition) is 2. The molecular formula is C21H23ClN2O. The third kappa shape index (κ3) is 2.82. The summed E-state index contributed by atoms with van der Waals surface area (Å²) in [6, 6.07) is 10.8. The third-order valence-electron chi connectivity index (χ3n) is 5.01. The highest BCUT2D eigenvalue weighted by Crippen LogP contribution is 2.39. The van der Waals surface area contributed by atoms with Crippen LogP contribution in [0.3, 0.4) is 0 Å². The van der Waals surface area contributed by atoms with Crippen molar-refractivity contribution in [3.63, 3.8) is 0 Å². The van der Waals surface area contributed by atoms with Crippen LogP contribution in [0.4, 0.5) is 0 Å². The Kier molecular flexibility index (Phi) is 4.22. The molecule has 0 amide bonds. The van der Waals surface area contributed by atoms with Gasteiger partial charge in [0.25, 0.3) is 0 Å². The number of fused-ring (bicyclic) bond motifs is 3. The molecule has 2 heterocycles. The van der Waals surface area contributed by atoms with E-state index >= 15 is 0 Å². The molecular weight excluding hydrogens is 332 g/mol. The van der Waals surface area contributed by atoms with Crippen LogP contribution in [0, 0.1) is 13.8 Å². The molecule has 2 aromatic carbocycles. The monoisotopic (exact) mass is 354 g/mol. The van der Waals surface area contributed by atoms with Crippen LogP contribution in [-0.2, 0) is 6.42 Å². The second-order valence-electron chi connectivity index (χ2n) is 6.78. The molecule has 25 heavy (non-hydrogen) atoms. The zero-order chi connectivity index (χ0) is 17.6. The van der Waals surface area contributed by atoms with Gasteiger partial charge in [-0.3, -0.25) is 0 Å². The van der Waals surface area contributed by atoms with E-state index in [9.17, 15) is 0 Å². The molecule has 4 heteroatoms. The van der Waals surface area contributed by atoms with Crippen LogP contribution in [0.5, 0.6) is 5.75 Å². The molecule has 4 rings (SSSR count). The van der Waals surface area contributed by atoms with Crippen LogP contribution in [0.15, 0.2) is 30.3 Å². The summed E-state index contributed by atoms with van der Waals surface area (Å²) in [5.74, 6) is 0.907. The first-order chi connectivity index (χ1) is 12.1. The number of halogens is 1. The van der Waals surface area contributed by atoms with E-state index in [0.29, 0.717) is 6.61 Å². The fraction of sp³-hybridized carbons (Fsp3) is 0.333. The fourth-order valence-corrected chi connectivity index (χ4v) is 3.96. The molecule has 1 atom stereocenters. The van der Waals surface area contributed by atoms with Crippen molar-refractivity contribution in [3.05, 3.63) is 63.3 Å².